The Hall–Kier alpha value is -1.81. The molecule has 0 spiro atoms. The minimum absolute atomic E-state index is 0.180. The van der Waals surface area contributed by atoms with Gasteiger partial charge in [0, 0.05) is 18.7 Å². The zero-order valence-corrected chi connectivity index (χ0v) is 13.8. The molecule has 0 bridgehead atoms. The van der Waals surface area contributed by atoms with Crippen LogP contribution in [-0.2, 0) is 17.6 Å². The van der Waals surface area contributed by atoms with E-state index in [-0.39, 0.29) is 6.10 Å². The molecule has 0 saturated carbocycles. The van der Waals surface area contributed by atoms with Gasteiger partial charge in [0.05, 0.1) is 11.4 Å². The Labute approximate surface area is 137 Å². The standard InChI is InChI=1S/C19H25N3O/c1-2-14-8-10-15(11-9-14)22-19-16(6-3-4-12-20-19)18(21-22)17-7-5-13-23-17/h8-11,17,20H,2-7,12-13H2,1H3. The quantitative estimate of drug-likeness (QED) is 0.930. The molecule has 1 N–H and O–H groups in total. The molecule has 0 amide bonds. The van der Waals surface area contributed by atoms with E-state index in [9.17, 15) is 0 Å². The van der Waals surface area contributed by atoms with Crippen molar-refractivity contribution < 1.29 is 4.74 Å². The maximum atomic E-state index is 5.93. The van der Waals surface area contributed by atoms with Crippen LogP contribution in [0.3, 0.4) is 0 Å². The SMILES string of the molecule is CCc1ccc(-n2nc(C3CCCO3)c3c2NCCCC3)cc1. The van der Waals surface area contributed by atoms with Gasteiger partial charge in [0.2, 0.25) is 0 Å². The van der Waals surface area contributed by atoms with E-state index in [2.05, 4.69) is 41.2 Å². The van der Waals surface area contributed by atoms with Crippen LogP contribution in [0.5, 0.6) is 0 Å². The smallest absolute Gasteiger partial charge is 0.133 e. The lowest BCUT2D eigenvalue weighted by Crippen LogP contribution is -2.07. The zero-order chi connectivity index (χ0) is 15.6. The second kappa shape index (κ2) is 6.36. The lowest BCUT2D eigenvalue weighted by atomic mass is 10.0. The number of anilines is 1. The fourth-order valence-electron chi connectivity index (χ4n) is 3.64. The Morgan fingerprint density at radius 2 is 2.09 bits per heavy atom. The van der Waals surface area contributed by atoms with E-state index >= 15 is 0 Å². The van der Waals surface area contributed by atoms with Gasteiger partial charge in [-0.1, -0.05) is 19.1 Å². The maximum absolute atomic E-state index is 5.93. The van der Waals surface area contributed by atoms with Gasteiger partial charge in [0.1, 0.15) is 11.9 Å². The highest BCUT2D eigenvalue weighted by Crippen LogP contribution is 2.36. The highest BCUT2D eigenvalue weighted by Gasteiger charge is 2.28. The second-order valence-corrected chi connectivity index (χ2v) is 6.53. The molecule has 2 aliphatic heterocycles. The molecule has 1 saturated heterocycles. The summed E-state index contributed by atoms with van der Waals surface area (Å²) < 4.78 is 8.02. The molecule has 4 rings (SSSR count). The highest BCUT2D eigenvalue weighted by molar-refractivity contribution is 5.55. The first-order chi connectivity index (χ1) is 11.4. The van der Waals surface area contributed by atoms with Crippen LogP contribution >= 0.6 is 0 Å². The summed E-state index contributed by atoms with van der Waals surface area (Å²) in [6, 6.07) is 8.76. The molecule has 23 heavy (non-hydrogen) atoms. The van der Waals surface area contributed by atoms with Crippen LogP contribution in [0.1, 0.15) is 55.5 Å². The summed E-state index contributed by atoms with van der Waals surface area (Å²) in [4.78, 5) is 0. The number of fused-ring (bicyclic) bond motifs is 1. The van der Waals surface area contributed by atoms with E-state index in [1.807, 2.05) is 0 Å². The molecule has 1 fully saturated rings. The predicted molar refractivity (Wildman–Crippen MR) is 92.3 cm³/mol. The van der Waals surface area contributed by atoms with Crippen LogP contribution in [0.25, 0.3) is 5.69 Å². The molecule has 4 nitrogen and oxygen atoms in total. The number of benzene rings is 1. The van der Waals surface area contributed by atoms with Crippen molar-refractivity contribution in [3.05, 3.63) is 41.1 Å². The number of aryl methyl sites for hydroxylation is 1. The average molecular weight is 311 g/mol. The third kappa shape index (κ3) is 2.76. The van der Waals surface area contributed by atoms with Crippen LogP contribution in [0.2, 0.25) is 0 Å². The van der Waals surface area contributed by atoms with E-state index in [0.29, 0.717) is 0 Å². The summed E-state index contributed by atoms with van der Waals surface area (Å²) >= 11 is 0. The van der Waals surface area contributed by atoms with Crippen molar-refractivity contribution in [3.8, 4) is 5.69 Å². The third-order valence-electron chi connectivity index (χ3n) is 4.98. The molecule has 3 heterocycles. The molecular formula is C19H25N3O. The van der Waals surface area contributed by atoms with Gasteiger partial charge in [-0.05, 0) is 56.2 Å². The van der Waals surface area contributed by atoms with Crippen LogP contribution in [0.4, 0.5) is 5.82 Å². The first kappa shape index (κ1) is 14.8. The number of nitrogens with one attached hydrogen (secondary N) is 1. The summed E-state index contributed by atoms with van der Waals surface area (Å²) in [5.41, 5.74) is 5.02. The average Bonchev–Trinajstić information content (AvgIpc) is 3.17. The van der Waals surface area contributed by atoms with Crippen molar-refractivity contribution in [3.63, 3.8) is 0 Å². The van der Waals surface area contributed by atoms with Gasteiger partial charge >= 0.3 is 0 Å². The van der Waals surface area contributed by atoms with Gasteiger partial charge in [-0.2, -0.15) is 5.10 Å². The Morgan fingerprint density at radius 3 is 2.83 bits per heavy atom. The van der Waals surface area contributed by atoms with Crippen LogP contribution in [-0.4, -0.2) is 22.9 Å². The minimum Gasteiger partial charge on any atom is -0.372 e. The molecule has 0 aliphatic carbocycles. The van der Waals surface area contributed by atoms with Gasteiger partial charge < -0.3 is 10.1 Å². The summed E-state index contributed by atoms with van der Waals surface area (Å²) in [5, 5.41) is 8.58. The van der Waals surface area contributed by atoms with Crippen molar-refractivity contribution in [2.24, 2.45) is 0 Å². The molecule has 4 heteroatoms. The third-order valence-corrected chi connectivity index (χ3v) is 4.98. The number of rotatable bonds is 3. The molecule has 1 aromatic heterocycles. The van der Waals surface area contributed by atoms with Crippen molar-refractivity contribution in [2.45, 2.75) is 51.6 Å². The molecule has 2 aliphatic rings. The zero-order valence-electron chi connectivity index (χ0n) is 13.8. The monoisotopic (exact) mass is 311 g/mol. The number of ether oxygens (including phenoxy) is 1. The van der Waals surface area contributed by atoms with Crippen molar-refractivity contribution in [2.75, 3.05) is 18.5 Å². The normalized spacial score (nSPS) is 20.8. The Bertz CT molecular complexity index is 669. The second-order valence-electron chi connectivity index (χ2n) is 6.53. The van der Waals surface area contributed by atoms with Crippen molar-refractivity contribution in [1.82, 2.24) is 9.78 Å². The number of nitrogens with zero attached hydrogens (tertiary/aromatic N) is 2. The van der Waals surface area contributed by atoms with Gasteiger partial charge in [0.15, 0.2) is 0 Å². The molecule has 0 radical (unpaired) electrons. The molecule has 1 atom stereocenters. The summed E-state index contributed by atoms with van der Waals surface area (Å²) in [5.74, 6) is 1.18. The maximum Gasteiger partial charge on any atom is 0.133 e. The minimum atomic E-state index is 0.180. The fourth-order valence-corrected chi connectivity index (χ4v) is 3.64. The fraction of sp³-hybridized carbons (Fsp3) is 0.526. The molecule has 2 aromatic rings. The Kier molecular flexibility index (Phi) is 4.08. The molecule has 122 valence electrons. The van der Waals surface area contributed by atoms with Crippen LogP contribution in [0.15, 0.2) is 24.3 Å². The topological polar surface area (TPSA) is 39.1 Å². The van der Waals surface area contributed by atoms with E-state index in [1.165, 1.54) is 29.8 Å². The first-order valence-electron chi connectivity index (χ1n) is 8.93. The molecule has 1 aromatic carbocycles. The lowest BCUT2D eigenvalue weighted by Gasteiger charge is -2.09. The highest BCUT2D eigenvalue weighted by atomic mass is 16.5. The van der Waals surface area contributed by atoms with Crippen LogP contribution in [0, 0.1) is 0 Å². The number of hydrogen-bond donors (Lipinski definition) is 1. The Morgan fingerprint density at radius 1 is 1.22 bits per heavy atom. The number of hydrogen-bond acceptors (Lipinski definition) is 3. The number of aromatic nitrogens is 2. The van der Waals surface area contributed by atoms with Crippen LogP contribution < -0.4 is 5.32 Å². The van der Waals surface area contributed by atoms with E-state index in [1.54, 1.807) is 0 Å². The Balaban J connectivity index is 1.78. The van der Waals surface area contributed by atoms with Gasteiger partial charge in [-0.3, -0.25) is 0 Å². The van der Waals surface area contributed by atoms with Crippen molar-refractivity contribution in [1.29, 1.82) is 0 Å². The van der Waals surface area contributed by atoms with Gasteiger partial charge in [0.25, 0.3) is 0 Å². The lowest BCUT2D eigenvalue weighted by molar-refractivity contribution is 0.107. The van der Waals surface area contributed by atoms with E-state index < -0.39 is 0 Å². The largest absolute Gasteiger partial charge is 0.372 e. The predicted octanol–water partition coefficient (Wildman–Crippen LogP) is 4.03. The van der Waals surface area contributed by atoms with E-state index in [4.69, 9.17) is 9.84 Å². The van der Waals surface area contributed by atoms with Crippen molar-refractivity contribution >= 4 is 5.82 Å². The summed E-state index contributed by atoms with van der Waals surface area (Å²) in [6.07, 6.45) is 7.03. The van der Waals surface area contributed by atoms with Gasteiger partial charge in [-0.15, -0.1) is 0 Å². The van der Waals surface area contributed by atoms with Gasteiger partial charge in [-0.25, -0.2) is 4.68 Å². The summed E-state index contributed by atoms with van der Waals surface area (Å²) in [6.45, 7) is 4.08. The molecule has 1 unspecified atom stereocenters. The molecular weight excluding hydrogens is 286 g/mol. The van der Waals surface area contributed by atoms with E-state index in [0.717, 1.165) is 50.2 Å². The summed E-state index contributed by atoms with van der Waals surface area (Å²) in [7, 11) is 0. The first-order valence-corrected chi connectivity index (χ1v) is 8.93.